The van der Waals surface area contributed by atoms with Crippen molar-refractivity contribution in [2.24, 2.45) is 0 Å². The topological polar surface area (TPSA) is 78.4 Å². The van der Waals surface area contributed by atoms with Crippen LogP contribution >= 0.6 is 11.8 Å². The number of rotatable bonds is 5. The Labute approximate surface area is 99.4 Å². The second kappa shape index (κ2) is 6.10. The predicted molar refractivity (Wildman–Crippen MR) is 63.6 cm³/mol. The number of thioether (sulfide) groups is 1. The lowest BCUT2D eigenvalue weighted by atomic mass is 9.92. The lowest BCUT2D eigenvalue weighted by Crippen LogP contribution is -2.55. The van der Waals surface area contributed by atoms with Gasteiger partial charge in [-0.25, -0.2) is 0 Å². The fourth-order valence-corrected chi connectivity index (χ4v) is 2.92. The monoisotopic (exact) mass is 246 g/mol. The Hall–Kier alpha value is -0.750. The van der Waals surface area contributed by atoms with Crippen LogP contribution in [0.3, 0.4) is 0 Å². The van der Waals surface area contributed by atoms with E-state index in [4.69, 9.17) is 0 Å². The maximum absolute atomic E-state index is 11.2. The number of amides is 1. The maximum Gasteiger partial charge on any atom is 0.323 e. The van der Waals surface area contributed by atoms with Gasteiger partial charge in [0.15, 0.2) is 0 Å². The Morgan fingerprint density at radius 3 is 2.44 bits per heavy atom. The van der Waals surface area contributed by atoms with Crippen molar-refractivity contribution in [3.8, 4) is 0 Å². The Morgan fingerprint density at radius 2 is 1.94 bits per heavy atom. The van der Waals surface area contributed by atoms with Crippen LogP contribution in [0, 0.1) is 0 Å². The van der Waals surface area contributed by atoms with Crippen LogP contribution in [0.15, 0.2) is 0 Å². The molecule has 1 rings (SSSR count). The lowest BCUT2D eigenvalue weighted by Gasteiger charge is -2.33. The summed E-state index contributed by atoms with van der Waals surface area (Å²) in [5, 5.41) is 14.9. The summed E-state index contributed by atoms with van der Waals surface area (Å²) in [6.45, 7) is 2.41. The molecule has 0 bridgehead atoms. The third-order valence-electron chi connectivity index (χ3n) is 2.72. The minimum absolute atomic E-state index is 0.0922. The number of carboxylic acids is 1. The van der Waals surface area contributed by atoms with Crippen LogP contribution in [0.4, 0.5) is 0 Å². The molecule has 16 heavy (non-hydrogen) atoms. The molecule has 0 atom stereocenters. The molecule has 0 unspecified atom stereocenters. The fourth-order valence-electron chi connectivity index (χ4n) is 1.73. The second-order valence-corrected chi connectivity index (χ2v) is 5.13. The van der Waals surface area contributed by atoms with Crippen LogP contribution in [-0.4, -0.2) is 47.1 Å². The summed E-state index contributed by atoms with van der Waals surface area (Å²) in [4.78, 5) is 21.9. The highest BCUT2D eigenvalue weighted by atomic mass is 32.2. The number of hydrogen-bond donors (Lipinski definition) is 3. The summed E-state index contributed by atoms with van der Waals surface area (Å²) in [5.41, 5.74) is -0.788. The normalized spacial score (nSPS) is 19.1. The molecule has 0 aromatic heterocycles. The first-order valence-electron chi connectivity index (χ1n) is 5.37. The Balaban J connectivity index is 2.39. The molecular formula is C10H18N2O3S. The van der Waals surface area contributed by atoms with Crippen LogP contribution in [-0.2, 0) is 9.59 Å². The van der Waals surface area contributed by atoms with Crippen LogP contribution in [0.25, 0.3) is 0 Å². The molecule has 0 aliphatic carbocycles. The van der Waals surface area contributed by atoms with Gasteiger partial charge in [0.05, 0.1) is 0 Å². The SMILES string of the molecule is CC(=O)NCCNC1(C(=O)O)CCSCC1. The number of aliphatic carboxylic acids is 1. The molecule has 0 radical (unpaired) electrons. The van der Waals surface area contributed by atoms with Gasteiger partial charge < -0.3 is 15.7 Å². The van der Waals surface area contributed by atoms with E-state index in [0.717, 1.165) is 11.5 Å². The van der Waals surface area contributed by atoms with E-state index in [1.165, 1.54) is 6.92 Å². The summed E-state index contributed by atoms with van der Waals surface area (Å²) in [7, 11) is 0. The Kier molecular flexibility index (Phi) is 5.08. The van der Waals surface area contributed by atoms with E-state index in [0.29, 0.717) is 25.9 Å². The van der Waals surface area contributed by atoms with E-state index in [1.807, 2.05) is 0 Å². The van der Waals surface area contributed by atoms with Gasteiger partial charge in [0.25, 0.3) is 0 Å². The average molecular weight is 246 g/mol. The van der Waals surface area contributed by atoms with Crippen molar-refractivity contribution >= 4 is 23.6 Å². The summed E-state index contributed by atoms with van der Waals surface area (Å²) < 4.78 is 0. The van der Waals surface area contributed by atoms with E-state index < -0.39 is 11.5 Å². The maximum atomic E-state index is 11.2. The molecule has 0 aromatic rings. The average Bonchev–Trinajstić information content (AvgIpc) is 2.25. The van der Waals surface area contributed by atoms with Gasteiger partial charge in [0.1, 0.15) is 5.54 Å². The van der Waals surface area contributed by atoms with Gasteiger partial charge in [-0.3, -0.25) is 9.59 Å². The van der Waals surface area contributed by atoms with Crippen molar-refractivity contribution in [3.63, 3.8) is 0 Å². The first-order valence-corrected chi connectivity index (χ1v) is 6.53. The first-order chi connectivity index (χ1) is 7.57. The Bertz CT molecular complexity index is 265. The molecule has 1 amide bonds. The molecule has 0 saturated carbocycles. The lowest BCUT2D eigenvalue weighted by molar-refractivity contribution is -0.145. The quantitative estimate of drug-likeness (QED) is 0.598. The highest BCUT2D eigenvalue weighted by molar-refractivity contribution is 7.99. The smallest absolute Gasteiger partial charge is 0.323 e. The molecule has 1 heterocycles. The zero-order valence-electron chi connectivity index (χ0n) is 9.41. The third kappa shape index (κ3) is 3.68. The molecule has 0 spiro atoms. The zero-order chi connectivity index (χ0) is 12.0. The summed E-state index contributed by atoms with van der Waals surface area (Å²) in [5.74, 6) is 0.875. The molecule has 5 nitrogen and oxygen atoms in total. The Morgan fingerprint density at radius 1 is 1.31 bits per heavy atom. The van der Waals surface area contributed by atoms with E-state index >= 15 is 0 Å². The second-order valence-electron chi connectivity index (χ2n) is 3.91. The van der Waals surface area contributed by atoms with Gasteiger partial charge in [-0.1, -0.05) is 0 Å². The van der Waals surface area contributed by atoms with Crippen LogP contribution in [0.2, 0.25) is 0 Å². The zero-order valence-corrected chi connectivity index (χ0v) is 10.2. The molecule has 1 aliphatic heterocycles. The van der Waals surface area contributed by atoms with Crippen LogP contribution in [0.1, 0.15) is 19.8 Å². The van der Waals surface area contributed by atoms with Crippen molar-refractivity contribution in [2.45, 2.75) is 25.3 Å². The molecule has 1 saturated heterocycles. The van der Waals surface area contributed by atoms with Gasteiger partial charge in [0, 0.05) is 20.0 Å². The molecule has 0 aromatic carbocycles. The van der Waals surface area contributed by atoms with Gasteiger partial charge in [-0.2, -0.15) is 11.8 Å². The number of hydrogen-bond acceptors (Lipinski definition) is 4. The molecule has 1 fully saturated rings. The van der Waals surface area contributed by atoms with Crippen molar-refractivity contribution in [3.05, 3.63) is 0 Å². The fraction of sp³-hybridized carbons (Fsp3) is 0.800. The number of nitrogens with one attached hydrogen (secondary N) is 2. The number of carboxylic acid groups (broad SMARTS) is 1. The van der Waals surface area contributed by atoms with Gasteiger partial charge in [0.2, 0.25) is 5.91 Å². The molecule has 92 valence electrons. The minimum Gasteiger partial charge on any atom is -0.480 e. The summed E-state index contributed by atoms with van der Waals surface area (Å²) in [6, 6.07) is 0. The van der Waals surface area contributed by atoms with Crippen LogP contribution < -0.4 is 10.6 Å². The first kappa shape index (κ1) is 13.3. The van der Waals surface area contributed by atoms with E-state index in [-0.39, 0.29) is 5.91 Å². The van der Waals surface area contributed by atoms with Gasteiger partial charge in [-0.05, 0) is 24.3 Å². The van der Waals surface area contributed by atoms with Crippen molar-refractivity contribution in [1.29, 1.82) is 0 Å². The molecule has 1 aliphatic rings. The molecule has 3 N–H and O–H groups in total. The number of carbonyl (C=O) groups is 2. The summed E-state index contributed by atoms with van der Waals surface area (Å²) >= 11 is 1.79. The van der Waals surface area contributed by atoms with E-state index in [2.05, 4.69) is 10.6 Å². The number of carbonyl (C=O) groups excluding carboxylic acids is 1. The van der Waals surface area contributed by atoms with Gasteiger partial charge in [-0.15, -0.1) is 0 Å². The largest absolute Gasteiger partial charge is 0.480 e. The van der Waals surface area contributed by atoms with E-state index in [1.54, 1.807) is 11.8 Å². The highest BCUT2D eigenvalue weighted by Crippen LogP contribution is 2.27. The highest BCUT2D eigenvalue weighted by Gasteiger charge is 2.39. The van der Waals surface area contributed by atoms with E-state index in [9.17, 15) is 14.7 Å². The molecule has 6 heteroatoms. The van der Waals surface area contributed by atoms with Crippen LogP contribution in [0.5, 0.6) is 0 Å². The van der Waals surface area contributed by atoms with Crippen molar-refractivity contribution in [2.75, 3.05) is 24.6 Å². The summed E-state index contributed by atoms with van der Waals surface area (Å²) in [6.07, 6.45) is 1.29. The third-order valence-corrected chi connectivity index (χ3v) is 3.70. The van der Waals surface area contributed by atoms with Crippen molar-refractivity contribution in [1.82, 2.24) is 10.6 Å². The molecular weight excluding hydrogens is 228 g/mol. The predicted octanol–water partition coefficient (Wildman–Crippen LogP) is 0.0625. The van der Waals surface area contributed by atoms with Crippen molar-refractivity contribution < 1.29 is 14.7 Å². The van der Waals surface area contributed by atoms with Gasteiger partial charge >= 0.3 is 5.97 Å². The minimum atomic E-state index is -0.788. The standard InChI is InChI=1S/C10H18N2O3S/c1-8(13)11-4-5-12-10(9(14)15)2-6-16-7-3-10/h12H,2-7H2,1H3,(H,11,13)(H,14,15).